The molecular formula is C44H78O. The Bertz CT molecular complexity index is 876. The summed E-state index contributed by atoms with van der Waals surface area (Å²) in [4.78, 5) is 0. The highest BCUT2D eigenvalue weighted by atomic mass is 16.5. The number of ether oxygens (including phenoxy) is 1. The van der Waals surface area contributed by atoms with Crippen molar-refractivity contribution in [3.8, 4) is 0 Å². The first-order valence-corrected chi connectivity index (χ1v) is 20.3. The monoisotopic (exact) mass is 623 g/mol. The molecule has 0 aromatic heterocycles. The van der Waals surface area contributed by atoms with Crippen LogP contribution in [-0.4, -0.2) is 0 Å². The van der Waals surface area contributed by atoms with Crippen LogP contribution >= 0.6 is 0 Å². The molecular weight excluding hydrogens is 544 g/mol. The van der Waals surface area contributed by atoms with Gasteiger partial charge < -0.3 is 4.74 Å². The van der Waals surface area contributed by atoms with Crippen LogP contribution in [0.25, 0.3) is 0 Å². The Morgan fingerprint density at radius 1 is 0.400 bits per heavy atom. The lowest BCUT2D eigenvalue weighted by atomic mass is 9.60. The summed E-state index contributed by atoms with van der Waals surface area (Å²) in [5.41, 5.74) is 3.44. The number of hydrogen-bond donors (Lipinski definition) is 0. The minimum Gasteiger partial charge on any atom is -0.473 e. The second-order valence-electron chi connectivity index (χ2n) is 19.1. The Morgan fingerprint density at radius 2 is 0.711 bits per heavy atom. The van der Waals surface area contributed by atoms with Gasteiger partial charge in [0.1, 0.15) is 0 Å². The van der Waals surface area contributed by atoms with Crippen molar-refractivity contribution in [1.29, 1.82) is 0 Å². The van der Waals surface area contributed by atoms with Crippen LogP contribution in [0, 0.1) is 94.7 Å². The molecule has 0 aliphatic heterocycles. The summed E-state index contributed by atoms with van der Waals surface area (Å²) in [5, 5.41) is 0. The molecule has 0 aromatic rings. The molecule has 0 heterocycles. The first kappa shape index (κ1) is 37.1. The first-order valence-electron chi connectivity index (χ1n) is 20.3. The standard InChI is InChI=1S/C44H78O/c1-27(2)35-17-13-33(11)23-41(35)43(37-19-15-31(9)21-39(37)29(5)6)25-45-26-44(38-20-16-32(10)22-40(38)30(7)8)42-24-34(12)14-18-36(42)28(3)4/h25-42H,13-24H2,1-12H3. The van der Waals surface area contributed by atoms with Gasteiger partial charge in [0.25, 0.3) is 0 Å². The van der Waals surface area contributed by atoms with E-state index in [-0.39, 0.29) is 0 Å². The van der Waals surface area contributed by atoms with Crippen molar-refractivity contribution in [2.75, 3.05) is 0 Å². The minimum atomic E-state index is 0.683. The van der Waals surface area contributed by atoms with Crippen LogP contribution in [0.3, 0.4) is 0 Å². The highest BCUT2D eigenvalue weighted by molar-refractivity contribution is 5.18. The molecule has 4 saturated carbocycles. The fourth-order valence-corrected chi connectivity index (χ4v) is 11.4. The van der Waals surface area contributed by atoms with E-state index in [4.69, 9.17) is 4.74 Å². The van der Waals surface area contributed by atoms with Crippen LogP contribution in [0.15, 0.2) is 23.7 Å². The lowest BCUT2D eigenvalue weighted by molar-refractivity contribution is 0.108. The first-order chi connectivity index (χ1) is 21.3. The van der Waals surface area contributed by atoms with Gasteiger partial charge in [-0.15, -0.1) is 0 Å². The molecule has 45 heavy (non-hydrogen) atoms. The SMILES string of the molecule is CC1CCC(C(C)C)C(C(=COC=C(C2CC(C)CCC2C(C)C)C2CCC(C)CC2C(C)C)C2CCC(C)CC2C(C)C)C1. The summed E-state index contributed by atoms with van der Waals surface area (Å²) < 4.78 is 7.08. The predicted octanol–water partition coefficient (Wildman–Crippen LogP) is 13.6. The van der Waals surface area contributed by atoms with Gasteiger partial charge in [0, 0.05) is 0 Å². The van der Waals surface area contributed by atoms with Crippen molar-refractivity contribution in [1.82, 2.24) is 0 Å². The van der Waals surface area contributed by atoms with E-state index in [9.17, 15) is 0 Å². The highest BCUT2D eigenvalue weighted by Crippen LogP contribution is 2.52. The maximum absolute atomic E-state index is 7.08. The van der Waals surface area contributed by atoms with Gasteiger partial charge in [-0.1, -0.05) is 109 Å². The number of allylic oxidation sites excluding steroid dienone is 2. The smallest absolute Gasteiger partial charge is 0.0899 e. The molecule has 4 aliphatic rings. The molecule has 0 saturated heterocycles. The molecule has 0 radical (unpaired) electrons. The van der Waals surface area contributed by atoms with E-state index >= 15 is 0 Å². The van der Waals surface area contributed by atoms with E-state index in [1.165, 1.54) is 77.0 Å². The Morgan fingerprint density at radius 3 is 1.04 bits per heavy atom. The van der Waals surface area contributed by atoms with Crippen molar-refractivity contribution in [3.05, 3.63) is 23.7 Å². The molecule has 1 heteroatoms. The Labute approximate surface area is 282 Å². The van der Waals surface area contributed by atoms with Gasteiger partial charge in [-0.2, -0.15) is 0 Å². The molecule has 0 N–H and O–H groups in total. The average Bonchev–Trinajstić information content (AvgIpc) is 2.97. The second-order valence-corrected chi connectivity index (χ2v) is 19.1. The van der Waals surface area contributed by atoms with Gasteiger partial charge in [-0.3, -0.25) is 0 Å². The molecule has 1 nitrogen and oxygen atoms in total. The fourth-order valence-electron chi connectivity index (χ4n) is 11.4. The third kappa shape index (κ3) is 9.25. The lowest BCUT2D eigenvalue weighted by Crippen LogP contribution is -2.37. The molecule has 12 unspecified atom stereocenters. The van der Waals surface area contributed by atoms with Gasteiger partial charge >= 0.3 is 0 Å². The molecule has 0 bridgehead atoms. The van der Waals surface area contributed by atoms with E-state index < -0.39 is 0 Å². The normalized spacial score (nSPS) is 40.9. The summed E-state index contributed by atoms with van der Waals surface area (Å²) in [6.45, 7) is 30.1. The number of rotatable bonds is 10. The van der Waals surface area contributed by atoms with Crippen molar-refractivity contribution < 1.29 is 4.74 Å². The number of hydrogen-bond acceptors (Lipinski definition) is 1. The van der Waals surface area contributed by atoms with E-state index in [1.54, 1.807) is 11.1 Å². The third-order valence-corrected chi connectivity index (χ3v) is 14.2. The second kappa shape index (κ2) is 16.6. The Balaban J connectivity index is 1.78. The predicted molar refractivity (Wildman–Crippen MR) is 197 cm³/mol. The van der Waals surface area contributed by atoms with Crippen molar-refractivity contribution in [2.24, 2.45) is 94.7 Å². The highest BCUT2D eigenvalue weighted by Gasteiger charge is 2.42. The minimum absolute atomic E-state index is 0.683. The molecule has 4 rings (SSSR count). The summed E-state index contributed by atoms with van der Waals surface area (Å²) >= 11 is 0. The summed E-state index contributed by atoms with van der Waals surface area (Å²) in [5.74, 6) is 12.2. The summed E-state index contributed by atoms with van der Waals surface area (Å²) in [6, 6.07) is 0. The maximum Gasteiger partial charge on any atom is 0.0899 e. The quantitative estimate of drug-likeness (QED) is 0.220. The zero-order chi connectivity index (χ0) is 33.0. The maximum atomic E-state index is 7.08. The van der Waals surface area contributed by atoms with E-state index in [2.05, 4.69) is 95.6 Å². The largest absolute Gasteiger partial charge is 0.473 e. The van der Waals surface area contributed by atoms with Crippen LogP contribution < -0.4 is 0 Å². The summed E-state index contributed by atoms with van der Waals surface area (Å²) in [7, 11) is 0. The van der Waals surface area contributed by atoms with Crippen LogP contribution in [0.5, 0.6) is 0 Å². The van der Waals surface area contributed by atoms with Gasteiger partial charge in [0.15, 0.2) is 0 Å². The van der Waals surface area contributed by atoms with Gasteiger partial charge in [-0.25, -0.2) is 0 Å². The van der Waals surface area contributed by atoms with Gasteiger partial charge in [-0.05, 0) is 157 Å². The molecule has 4 aliphatic carbocycles. The van der Waals surface area contributed by atoms with Gasteiger partial charge in [0.05, 0.1) is 12.5 Å². The molecule has 12 atom stereocenters. The van der Waals surface area contributed by atoms with Crippen LogP contribution in [0.1, 0.15) is 160 Å². The van der Waals surface area contributed by atoms with Crippen LogP contribution in [0.2, 0.25) is 0 Å². The third-order valence-electron chi connectivity index (χ3n) is 14.2. The lowest BCUT2D eigenvalue weighted by Gasteiger charge is -2.46. The Kier molecular flexibility index (Phi) is 13.7. The Hall–Kier alpha value is -0.720. The van der Waals surface area contributed by atoms with Crippen LogP contribution in [-0.2, 0) is 4.74 Å². The zero-order valence-electron chi connectivity index (χ0n) is 32.3. The van der Waals surface area contributed by atoms with E-state index in [1.807, 2.05) is 0 Å². The fraction of sp³-hybridized carbons (Fsp3) is 0.909. The topological polar surface area (TPSA) is 9.23 Å². The van der Waals surface area contributed by atoms with Crippen molar-refractivity contribution >= 4 is 0 Å². The molecule has 0 aromatic carbocycles. The van der Waals surface area contributed by atoms with Gasteiger partial charge in [0.2, 0.25) is 0 Å². The van der Waals surface area contributed by atoms with E-state index in [0.29, 0.717) is 23.7 Å². The van der Waals surface area contributed by atoms with Crippen molar-refractivity contribution in [3.63, 3.8) is 0 Å². The van der Waals surface area contributed by atoms with Crippen molar-refractivity contribution in [2.45, 2.75) is 160 Å². The molecule has 0 spiro atoms. The molecule has 0 amide bonds. The molecule has 4 fully saturated rings. The van der Waals surface area contributed by atoms with E-state index in [0.717, 1.165) is 71.0 Å². The summed E-state index contributed by atoms with van der Waals surface area (Å²) in [6.07, 6.45) is 21.4. The molecule has 260 valence electrons. The zero-order valence-corrected chi connectivity index (χ0v) is 32.3. The van der Waals surface area contributed by atoms with Crippen LogP contribution in [0.4, 0.5) is 0 Å². The average molecular weight is 623 g/mol.